The van der Waals surface area contributed by atoms with Gasteiger partial charge >= 0.3 is 0 Å². The molecule has 140 valence electrons. The fourth-order valence-electron chi connectivity index (χ4n) is 2.18. The highest BCUT2D eigenvalue weighted by Crippen LogP contribution is 2.28. The van der Waals surface area contributed by atoms with Gasteiger partial charge in [-0.25, -0.2) is 9.38 Å². The molecular formula is C17H26FIN4O2. The van der Waals surface area contributed by atoms with Crippen molar-refractivity contribution in [3.63, 3.8) is 0 Å². The average Bonchev–Trinajstić information content (AvgIpc) is 3.41. The summed E-state index contributed by atoms with van der Waals surface area (Å²) in [6.45, 7) is 4.18. The van der Waals surface area contributed by atoms with Crippen LogP contribution in [0.4, 0.5) is 4.39 Å². The largest absolute Gasteiger partial charge is 0.494 e. The summed E-state index contributed by atoms with van der Waals surface area (Å²) in [5.74, 6) is 0.809. The van der Waals surface area contributed by atoms with Crippen LogP contribution in [0.5, 0.6) is 5.75 Å². The number of guanidine groups is 1. The van der Waals surface area contributed by atoms with Gasteiger partial charge < -0.3 is 20.7 Å². The normalized spacial score (nSPS) is 13.6. The molecule has 0 unspecified atom stereocenters. The summed E-state index contributed by atoms with van der Waals surface area (Å²) in [5.41, 5.74) is 0.757. The minimum absolute atomic E-state index is 0. The van der Waals surface area contributed by atoms with E-state index in [4.69, 9.17) is 4.74 Å². The second kappa shape index (κ2) is 11.1. The fraction of sp³-hybridized carbons (Fsp3) is 0.529. The molecule has 6 nitrogen and oxygen atoms in total. The van der Waals surface area contributed by atoms with E-state index in [2.05, 4.69) is 20.9 Å². The molecule has 8 heteroatoms. The van der Waals surface area contributed by atoms with Crippen molar-refractivity contribution >= 4 is 35.8 Å². The molecule has 0 atom stereocenters. The summed E-state index contributed by atoms with van der Waals surface area (Å²) in [5, 5.41) is 9.16. The van der Waals surface area contributed by atoms with Crippen LogP contribution in [0.15, 0.2) is 23.2 Å². The van der Waals surface area contributed by atoms with Gasteiger partial charge in [-0.3, -0.25) is 4.79 Å². The highest BCUT2D eigenvalue weighted by atomic mass is 127. The molecule has 1 saturated carbocycles. The number of aliphatic imine (C=N–C) groups is 1. The van der Waals surface area contributed by atoms with Crippen molar-refractivity contribution in [2.24, 2.45) is 10.9 Å². The predicted octanol–water partition coefficient (Wildman–Crippen LogP) is 2.03. The number of hydrogen-bond donors (Lipinski definition) is 3. The molecule has 0 bridgehead atoms. The third-order valence-electron chi connectivity index (χ3n) is 3.64. The van der Waals surface area contributed by atoms with Crippen LogP contribution in [0.25, 0.3) is 0 Å². The van der Waals surface area contributed by atoms with Gasteiger partial charge in [0.2, 0.25) is 5.91 Å². The Morgan fingerprint density at radius 3 is 2.60 bits per heavy atom. The molecule has 1 aliphatic rings. The maximum atomic E-state index is 13.7. The maximum absolute atomic E-state index is 13.7. The van der Waals surface area contributed by atoms with Gasteiger partial charge in [0.1, 0.15) is 0 Å². The van der Waals surface area contributed by atoms with Crippen LogP contribution in [0.1, 0.15) is 25.3 Å². The topological polar surface area (TPSA) is 74.8 Å². The average molecular weight is 464 g/mol. The maximum Gasteiger partial charge on any atom is 0.223 e. The van der Waals surface area contributed by atoms with Crippen LogP contribution in [0.3, 0.4) is 0 Å². The van der Waals surface area contributed by atoms with E-state index in [1.807, 2.05) is 6.92 Å². The standard InChI is InChI=1S/C17H25FN4O2.HI/c1-3-19-17(21-9-8-20-16(23)13-5-6-13)22-11-12-4-7-15(24-2)14(18)10-12;/h4,7,10,13H,3,5-6,8-9,11H2,1-2H3,(H,20,23)(H2,19,21,22);1H. The van der Waals surface area contributed by atoms with Gasteiger partial charge in [0, 0.05) is 25.6 Å². The number of carbonyl (C=O) groups excluding carboxylic acids is 1. The summed E-state index contributed by atoms with van der Waals surface area (Å²) in [7, 11) is 1.44. The Morgan fingerprint density at radius 1 is 1.28 bits per heavy atom. The molecule has 1 aromatic carbocycles. The van der Waals surface area contributed by atoms with Crippen LogP contribution in [-0.2, 0) is 11.3 Å². The van der Waals surface area contributed by atoms with E-state index in [0.29, 0.717) is 25.6 Å². The lowest BCUT2D eigenvalue weighted by molar-refractivity contribution is -0.122. The molecule has 0 saturated heterocycles. The summed E-state index contributed by atoms with van der Waals surface area (Å²) >= 11 is 0. The molecule has 0 heterocycles. The second-order valence-corrected chi connectivity index (χ2v) is 5.66. The molecule has 0 aliphatic heterocycles. The lowest BCUT2D eigenvalue weighted by atomic mass is 10.2. The summed E-state index contributed by atoms with van der Waals surface area (Å²) < 4.78 is 18.6. The number of hydrogen-bond acceptors (Lipinski definition) is 3. The van der Waals surface area contributed by atoms with E-state index in [9.17, 15) is 9.18 Å². The van der Waals surface area contributed by atoms with Crippen LogP contribution in [-0.4, -0.2) is 38.6 Å². The van der Waals surface area contributed by atoms with Gasteiger partial charge in [0.15, 0.2) is 17.5 Å². The number of carbonyl (C=O) groups is 1. The van der Waals surface area contributed by atoms with Crippen LogP contribution in [0, 0.1) is 11.7 Å². The first-order chi connectivity index (χ1) is 11.6. The van der Waals surface area contributed by atoms with E-state index >= 15 is 0 Å². The van der Waals surface area contributed by atoms with Crippen molar-refractivity contribution in [3.05, 3.63) is 29.6 Å². The molecule has 0 spiro atoms. The van der Waals surface area contributed by atoms with Crippen molar-refractivity contribution in [1.82, 2.24) is 16.0 Å². The van der Waals surface area contributed by atoms with Gasteiger partial charge in [-0.05, 0) is 37.5 Å². The van der Waals surface area contributed by atoms with Gasteiger partial charge in [-0.1, -0.05) is 6.07 Å². The molecule has 25 heavy (non-hydrogen) atoms. The highest BCUT2D eigenvalue weighted by molar-refractivity contribution is 14.0. The zero-order chi connectivity index (χ0) is 17.4. The zero-order valence-electron chi connectivity index (χ0n) is 14.6. The van der Waals surface area contributed by atoms with E-state index in [1.54, 1.807) is 12.1 Å². The number of halogens is 2. The molecule has 1 aliphatic carbocycles. The first-order valence-electron chi connectivity index (χ1n) is 8.26. The summed E-state index contributed by atoms with van der Waals surface area (Å²) in [4.78, 5) is 16.0. The third kappa shape index (κ3) is 7.45. The Bertz CT molecular complexity index is 594. The molecule has 1 aromatic rings. The lowest BCUT2D eigenvalue weighted by Crippen LogP contribution is -2.41. The number of amides is 1. The summed E-state index contributed by atoms with van der Waals surface area (Å²) in [6, 6.07) is 4.79. The first kappa shape index (κ1) is 21.5. The number of benzene rings is 1. The van der Waals surface area contributed by atoms with E-state index in [1.165, 1.54) is 13.2 Å². The van der Waals surface area contributed by atoms with E-state index < -0.39 is 5.82 Å². The smallest absolute Gasteiger partial charge is 0.223 e. The monoisotopic (exact) mass is 464 g/mol. The zero-order valence-corrected chi connectivity index (χ0v) is 16.9. The molecule has 0 aromatic heterocycles. The second-order valence-electron chi connectivity index (χ2n) is 5.66. The van der Waals surface area contributed by atoms with Gasteiger partial charge in [-0.15, -0.1) is 24.0 Å². The molecule has 2 rings (SSSR count). The minimum Gasteiger partial charge on any atom is -0.494 e. The molecule has 1 amide bonds. The van der Waals surface area contributed by atoms with Crippen molar-refractivity contribution in [2.45, 2.75) is 26.3 Å². The molecule has 1 fully saturated rings. The van der Waals surface area contributed by atoms with E-state index in [0.717, 1.165) is 24.9 Å². The van der Waals surface area contributed by atoms with Gasteiger partial charge in [0.05, 0.1) is 13.7 Å². The number of rotatable bonds is 8. The minimum atomic E-state index is -0.397. The Labute approximate surface area is 165 Å². The van der Waals surface area contributed by atoms with Crippen molar-refractivity contribution in [1.29, 1.82) is 0 Å². The van der Waals surface area contributed by atoms with E-state index in [-0.39, 0.29) is 41.6 Å². The molecule has 3 N–H and O–H groups in total. The fourth-order valence-corrected chi connectivity index (χ4v) is 2.18. The van der Waals surface area contributed by atoms with Gasteiger partial charge in [-0.2, -0.15) is 0 Å². The Hall–Kier alpha value is -1.58. The predicted molar refractivity (Wildman–Crippen MR) is 107 cm³/mol. The molecular weight excluding hydrogens is 438 g/mol. The Morgan fingerprint density at radius 2 is 2.00 bits per heavy atom. The quantitative estimate of drug-likeness (QED) is 0.238. The number of nitrogens with one attached hydrogen (secondary N) is 3. The van der Waals surface area contributed by atoms with Crippen molar-refractivity contribution < 1.29 is 13.9 Å². The number of ether oxygens (including phenoxy) is 1. The number of methoxy groups -OCH3 is 1. The van der Waals surface area contributed by atoms with Gasteiger partial charge in [0.25, 0.3) is 0 Å². The SMILES string of the molecule is CCNC(=NCc1ccc(OC)c(F)c1)NCCNC(=O)C1CC1.I. The van der Waals surface area contributed by atoms with Crippen LogP contribution in [0.2, 0.25) is 0 Å². The van der Waals surface area contributed by atoms with Crippen LogP contribution < -0.4 is 20.7 Å². The third-order valence-corrected chi connectivity index (χ3v) is 3.64. The highest BCUT2D eigenvalue weighted by Gasteiger charge is 2.28. The molecule has 0 radical (unpaired) electrons. The Kier molecular flexibility index (Phi) is 9.54. The Balaban J connectivity index is 0.00000312. The lowest BCUT2D eigenvalue weighted by Gasteiger charge is -2.12. The summed E-state index contributed by atoms with van der Waals surface area (Å²) in [6.07, 6.45) is 2.00. The number of nitrogens with zero attached hydrogens (tertiary/aromatic N) is 1. The van der Waals surface area contributed by atoms with Crippen molar-refractivity contribution in [2.75, 3.05) is 26.7 Å². The van der Waals surface area contributed by atoms with Crippen LogP contribution >= 0.6 is 24.0 Å². The van der Waals surface area contributed by atoms with Crippen molar-refractivity contribution in [3.8, 4) is 5.75 Å². The first-order valence-corrected chi connectivity index (χ1v) is 8.26.